The highest BCUT2D eigenvalue weighted by atomic mass is 35.5. The quantitative estimate of drug-likeness (QED) is 0.688. The van der Waals surface area contributed by atoms with Gasteiger partial charge in [-0.05, 0) is 31.4 Å². The molecule has 1 amide bonds. The number of nitrogens with zero attached hydrogens (tertiary/aromatic N) is 1. The number of para-hydroxylation sites is 1. The molecule has 2 aromatic rings. The number of nitrogens with one attached hydrogen (secondary N) is 2. The Bertz CT molecular complexity index is 517. The second-order valence-corrected chi connectivity index (χ2v) is 4.65. The lowest BCUT2D eigenvalue weighted by atomic mass is 10.1. The monoisotopic (exact) mass is 309 g/mol. The van der Waals surface area contributed by atoms with Crippen LogP contribution in [0.15, 0.2) is 42.7 Å². The van der Waals surface area contributed by atoms with E-state index in [2.05, 4.69) is 15.3 Å². The number of rotatable bonds is 7. The van der Waals surface area contributed by atoms with E-state index in [0.29, 0.717) is 12.1 Å². The lowest BCUT2D eigenvalue weighted by Gasteiger charge is -2.11. The van der Waals surface area contributed by atoms with Crippen LogP contribution in [0.25, 0.3) is 0 Å². The molecule has 1 heterocycles. The molecule has 1 unspecified atom stereocenters. The average Bonchev–Trinajstić information content (AvgIpc) is 2.97. The van der Waals surface area contributed by atoms with E-state index in [0.717, 1.165) is 25.1 Å². The van der Waals surface area contributed by atoms with Crippen molar-refractivity contribution in [3.8, 4) is 0 Å². The number of halogens is 1. The van der Waals surface area contributed by atoms with Crippen LogP contribution >= 0.6 is 12.4 Å². The van der Waals surface area contributed by atoms with Gasteiger partial charge >= 0.3 is 0 Å². The van der Waals surface area contributed by atoms with Gasteiger partial charge in [0.1, 0.15) is 11.9 Å². The van der Waals surface area contributed by atoms with Crippen LogP contribution in [0.1, 0.15) is 25.1 Å². The highest BCUT2D eigenvalue weighted by Crippen LogP contribution is 2.09. The first-order chi connectivity index (χ1) is 9.75. The van der Waals surface area contributed by atoms with E-state index in [1.807, 2.05) is 18.2 Å². The molecule has 3 N–H and O–H groups in total. The summed E-state index contributed by atoms with van der Waals surface area (Å²) in [6, 6.07) is 9.14. The maximum Gasteiger partial charge on any atom is 0.253 e. The topological polar surface area (TPSA) is 78.0 Å². The number of carbonyl (C=O) groups is 1. The van der Waals surface area contributed by atoms with E-state index in [1.54, 1.807) is 24.5 Å². The van der Waals surface area contributed by atoms with Crippen LogP contribution in [0.2, 0.25) is 0 Å². The van der Waals surface area contributed by atoms with E-state index in [-0.39, 0.29) is 18.3 Å². The Balaban J connectivity index is 0.00000220. The van der Waals surface area contributed by atoms with Crippen molar-refractivity contribution in [1.29, 1.82) is 0 Å². The Hall–Kier alpha value is -1.85. The van der Waals surface area contributed by atoms with Crippen molar-refractivity contribution >= 4 is 24.0 Å². The van der Waals surface area contributed by atoms with Gasteiger partial charge in [-0.3, -0.25) is 4.79 Å². The van der Waals surface area contributed by atoms with Gasteiger partial charge in [-0.25, -0.2) is 4.98 Å². The van der Waals surface area contributed by atoms with Crippen molar-refractivity contribution < 1.29 is 9.90 Å². The Morgan fingerprint density at radius 3 is 2.71 bits per heavy atom. The van der Waals surface area contributed by atoms with Gasteiger partial charge in [-0.1, -0.05) is 18.2 Å². The zero-order chi connectivity index (χ0) is 14.2. The Morgan fingerprint density at radius 2 is 2.05 bits per heavy atom. The predicted molar refractivity (Wildman–Crippen MR) is 84.5 cm³/mol. The zero-order valence-corrected chi connectivity index (χ0v) is 12.5. The number of carbonyl (C=O) groups excluding carboxylic acids is 1. The molecule has 1 aromatic carbocycles. The third-order valence-electron chi connectivity index (χ3n) is 3.04. The first-order valence-corrected chi connectivity index (χ1v) is 6.78. The molecule has 0 saturated heterocycles. The second-order valence-electron chi connectivity index (χ2n) is 4.65. The predicted octanol–water partition coefficient (Wildman–Crippen LogP) is 2.54. The van der Waals surface area contributed by atoms with Gasteiger partial charge in [-0.15, -0.1) is 12.4 Å². The summed E-state index contributed by atoms with van der Waals surface area (Å²) in [6.45, 7) is 0. The number of amides is 1. The van der Waals surface area contributed by atoms with Gasteiger partial charge < -0.3 is 15.4 Å². The number of imidazole rings is 1. The molecule has 21 heavy (non-hydrogen) atoms. The summed E-state index contributed by atoms with van der Waals surface area (Å²) in [5.41, 5.74) is 0.701. The van der Waals surface area contributed by atoms with Crippen molar-refractivity contribution in [2.45, 2.75) is 31.8 Å². The molecule has 114 valence electrons. The first-order valence-electron chi connectivity index (χ1n) is 6.78. The minimum absolute atomic E-state index is 0. The van der Waals surface area contributed by atoms with Gasteiger partial charge in [0.05, 0.1) is 0 Å². The minimum atomic E-state index is -0.966. The van der Waals surface area contributed by atoms with Crippen molar-refractivity contribution in [2.75, 3.05) is 5.32 Å². The SMILES string of the molecule is Cl.O=C(Nc1ccccc1)C(O)CCCCc1ncc[nH]1. The van der Waals surface area contributed by atoms with Crippen LogP contribution < -0.4 is 5.32 Å². The first kappa shape index (κ1) is 17.2. The van der Waals surface area contributed by atoms with Crippen molar-refractivity contribution in [3.05, 3.63) is 48.5 Å². The third kappa shape index (κ3) is 5.97. The number of unbranched alkanes of at least 4 members (excludes halogenated alkanes) is 1. The van der Waals surface area contributed by atoms with E-state index < -0.39 is 6.10 Å². The lowest BCUT2D eigenvalue weighted by Crippen LogP contribution is -2.27. The smallest absolute Gasteiger partial charge is 0.253 e. The van der Waals surface area contributed by atoms with Crippen molar-refractivity contribution in [3.63, 3.8) is 0 Å². The van der Waals surface area contributed by atoms with E-state index in [4.69, 9.17) is 0 Å². The number of anilines is 1. The van der Waals surface area contributed by atoms with Gasteiger partial charge in [0.25, 0.3) is 5.91 Å². The molecule has 5 nitrogen and oxygen atoms in total. The van der Waals surface area contributed by atoms with E-state index >= 15 is 0 Å². The Morgan fingerprint density at radius 1 is 1.29 bits per heavy atom. The summed E-state index contributed by atoms with van der Waals surface area (Å²) >= 11 is 0. The van der Waals surface area contributed by atoms with Crippen LogP contribution in [-0.2, 0) is 11.2 Å². The largest absolute Gasteiger partial charge is 0.383 e. The molecular weight excluding hydrogens is 290 g/mol. The van der Waals surface area contributed by atoms with Gasteiger partial charge in [0, 0.05) is 24.5 Å². The molecule has 0 bridgehead atoms. The summed E-state index contributed by atoms with van der Waals surface area (Å²) in [6.07, 6.45) is 5.51. The molecule has 6 heteroatoms. The highest BCUT2D eigenvalue weighted by Gasteiger charge is 2.14. The fourth-order valence-electron chi connectivity index (χ4n) is 1.94. The molecule has 0 fully saturated rings. The minimum Gasteiger partial charge on any atom is -0.383 e. The molecule has 0 aliphatic carbocycles. The van der Waals surface area contributed by atoms with Crippen LogP contribution in [0.3, 0.4) is 0 Å². The molecule has 2 rings (SSSR count). The number of hydrogen-bond donors (Lipinski definition) is 3. The van der Waals surface area contributed by atoms with Crippen LogP contribution in [0.5, 0.6) is 0 Å². The fourth-order valence-corrected chi connectivity index (χ4v) is 1.94. The number of aromatic amines is 1. The number of aliphatic hydroxyl groups excluding tert-OH is 1. The number of aliphatic hydroxyl groups is 1. The van der Waals surface area contributed by atoms with Crippen molar-refractivity contribution in [1.82, 2.24) is 9.97 Å². The van der Waals surface area contributed by atoms with Gasteiger partial charge in [-0.2, -0.15) is 0 Å². The lowest BCUT2D eigenvalue weighted by molar-refractivity contribution is -0.124. The summed E-state index contributed by atoms with van der Waals surface area (Å²) in [4.78, 5) is 18.9. The highest BCUT2D eigenvalue weighted by molar-refractivity contribution is 5.93. The third-order valence-corrected chi connectivity index (χ3v) is 3.04. The zero-order valence-electron chi connectivity index (χ0n) is 11.7. The summed E-state index contributed by atoms with van der Waals surface area (Å²) in [7, 11) is 0. The number of benzene rings is 1. The molecule has 1 aromatic heterocycles. The van der Waals surface area contributed by atoms with Crippen LogP contribution in [0, 0.1) is 0 Å². The second kappa shape index (κ2) is 9.15. The summed E-state index contributed by atoms with van der Waals surface area (Å²) < 4.78 is 0. The maximum atomic E-state index is 11.8. The summed E-state index contributed by atoms with van der Waals surface area (Å²) in [5.74, 6) is 0.586. The Labute approximate surface area is 130 Å². The Kier molecular flexibility index (Phi) is 7.50. The van der Waals surface area contributed by atoms with Crippen LogP contribution in [-0.4, -0.2) is 27.1 Å². The average molecular weight is 310 g/mol. The molecular formula is C15H20ClN3O2. The molecule has 0 saturated carbocycles. The van der Waals surface area contributed by atoms with E-state index in [9.17, 15) is 9.90 Å². The normalized spacial score (nSPS) is 11.5. The van der Waals surface area contributed by atoms with E-state index in [1.165, 1.54) is 0 Å². The molecule has 0 spiro atoms. The summed E-state index contributed by atoms with van der Waals surface area (Å²) in [5, 5.41) is 12.5. The number of aromatic nitrogens is 2. The maximum absolute atomic E-state index is 11.8. The molecule has 0 radical (unpaired) electrons. The van der Waals surface area contributed by atoms with Gasteiger partial charge in [0.2, 0.25) is 0 Å². The van der Waals surface area contributed by atoms with Crippen molar-refractivity contribution in [2.24, 2.45) is 0 Å². The molecule has 0 aliphatic rings. The van der Waals surface area contributed by atoms with Crippen LogP contribution in [0.4, 0.5) is 5.69 Å². The van der Waals surface area contributed by atoms with Gasteiger partial charge in [0.15, 0.2) is 0 Å². The standard InChI is InChI=1S/C15H19N3O2.ClH/c19-13(8-4-5-9-14-16-10-11-17-14)15(20)18-12-6-2-1-3-7-12;/h1-3,6-7,10-11,13,19H,4-5,8-9H2,(H,16,17)(H,18,20);1H. The number of hydrogen-bond acceptors (Lipinski definition) is 3. The molecule has 1 atom stereocenters. The molecule has 0 aliphatic heterocycles. The number of aryl methyl sites for hydroxylation is 1. The fraction of sp³-hybridized carbons (Fsp3) is 0.333. The number of H-pyrrole nitrogens is 1.